The van der Waals surface area contributed by atoms with Gasteiger partial charge < -0.3 is 29.6 Å². The third kappa shape index (κ3) is 7.94. The van der Waals surface area contributed by atoms with Crippen LogP contribution in [0.2, 0.25) is 0 Å². The van der Waals surface area contributed by atoms with Crippen molar-refractivity contribution in [3.8, 4) is 33.6 Å². The Kier molecular flexibility index (Phi) is 10.5. The molecule has 4 saturated heterocycles. The van der Waals surface area contributed by atoms with E-state index in [0.29, 0.717) is 37.6 Å². The van der Waals surface area contributed by atoms with Crippen LogP contribution in [-0.2, 0) is 19.2 Å². The van der Waals surface area contributed by atoms with Gasteiger partial charge in [0, 0.05) is 52.1 Å². The molecule has 2 aromatic heterocycles. The Morgan fingerprint density at radius 1 is 0.517 bits per heavy atom. The normalized spacial score (nSPS) is 23.2. The fourth-order valence-electron chi connectivity index (χ4n) is 9.32. The minimum atomic E-state index is -2.82. The van der Waals surface area contributed by atoms with Gasteiger partial charge in [0.15, 0.2) is 0 Å². The highest BCUT2D eigenvalue weighted by Crippen LogP contribution is 2.47. The highest BCUT2D eigenvalue weighted by atomic mass is 19.3. The fourth-order valence-corrected chi connectivity index (χ4v) is 9.32. The van der Waals surface area contributed by atoms with Gasteiger partial charge in [-0.25, -0.2) is 23.1 Å². The zero-order valence-corrected chi connectivity index (χ0v) is 34.9. The summed E-state index contributed by atoms with van der Waals surface area (Å²) in [6.45, 7) is 10.7. The van der Waals surface area contributed by atoms with Crippen molar-refractivity contribution in [1.82, 2.24) is 39.5 Å². The van der Waals surface area contributed by atoms with Crippen LogP contribution in [0.25, 0.3) is 33.6 Å². The molecule has 6 heterocycles. The minimum Gasteiger partial charge on any atom is -0.340 e. The minimum absolute atomic E-state index is 0.145. The maximum atomic E-state index is 14.4. The SMILES string of the molecule is CC1(F)CCN(C(=O)C(=O)N2CCC(C)(C)C2c2ncc(-c3ccc(-c4ccc(-c5cnc(C6N(C(=O)C(=O)N7CCC(F)(F)CC7)CCC6(C)C)[nH]5)cc4)cc3)[nH]2)CC1. The number of H-pyrrole nitrogens is 2. The second-order valence-corrected chi connectivity index (χ2v) is 18.7. The van der Waals surface area contributed by atoms with E-state index in [-0.39, 0.29) is 49.9 Å². The Morgan fingerprint density at radius 3 is 1.25 bits per heavy atom. The maximum absolute atomic E-state index is 14.4. The van der Waals surface area contributed by atoms with Crippen molar-refractivity contribution in [2.24, 2.45) is 10.8 Å². The van der Waals surface area contributed by atoms with Crippen LogP contribution in [0, 0.1) is 10.8 Å². The average Bonchev–Trinajstić information content (AvgIpc) is 4.02. The van der Waals surface area contributed by atoms with Crippen molar-refractivity contribution in [2.75, 3.05) is 39.3 Å². The molecule has 4 amide bonds. The summed E-state index contributed by atoms with van der Waals surface area (Å²) in [5, 5.41) is 0. The van der Waals surface area contributed by atoms with Crippen molar-refractivity contribution >= 4 is 23.6 Å². The van der Waals surface area contributed by atoms with Gasteiger partial charge in [-0.2, -0.15) is 0 Å². The average molecular weight is 827 g/mol. The van der Waals surface area contributed by atoms with E-state index >= 15 is 0 Å². The molecule has 8 rings (SSSR count). The number of carbonyl (C=O) groups is 4. The maximum Gasteiger partial charge on any atom is 0.312 e. The number of hydrogen-bond donors (Lipinski definition) is 2. The molecule has 0 saturated carbocycles. The number of halogens is 3. The second kappa shape index (κ2) is 15.2. The van der Waals surface area contributed by atoms with Crippen molar-refractivity contribution in [2.45, 2.75) is 96.8 Å². The number of piperidine rings is 2. The molecule has 12 nitrogen and oxygen atoms in total. The van der Waals surface area contributed by atoms with Crippen molar-refractivity contribution in [3.63, 3.8) is 0 Å². The van der Waals surface area contributed by atoms with Crippen LogP contribution in [-0.4, -0.2) is 114 Å². The van der Waals surface area contributed by atoms with Crippen molar-refractivity contribution < 1.29 is 32.3 Å². The van der Waals surface area contributed by atoms with Gasteiger partial charge in [0.2, 0.25) is 0 Å². The molecular weight excluding hydrogens is 774 g/mol. The first-order valence-electron chi connectivity index (χ1n) is 20.9. The Balaban J connectivity index is 0.929. The summed E-state index contributed by atoms with van der Waals surface area (Å²) in [5.41, 5.74) is 3.30. The lowest BCUT2D eigenvalue weighted by Crippen LogP contribution is -2.50. The number of nitrogens with one attached hydrogen (secondary N) is 2. The van der Waals surface area contributed by atoms with Gasteiger partial charge in [-0.05, 0) is 65.7 Å². The first kappa shape index (κ1) is 41.3. The largest absolute Gasteiger partial charge is 0.340 e. The van der Waals surface area contributed by atoms with E-state index in [2.05, 4.69) is 28.8 Å². The predicted molar refractivity (Wildman–Crippen MR) is 219 cm³/mol. The zero-order valence-electron chi connectivity index (χ0n) is 34.9. The zero-order chi connectivity index (χ0) is 42.8. The monoisotopic (exact) mass is 826 g/mol. The van der Waals surface area contributed by atoms with Gasteiger partial charge in [-0.1, -0.05) is 76.2 Å². The number of benzene rings is 2. The quantitative estimate of drug-likeness (QED) is 0.202. The lowest BCUT2D eigenvalue weighted by Gasteiger charge is -2.36. The van der Waals surface area contributed by atoms with Crippen LogP contribution in [0.15, 0.2) is 60.9 Å². The van der Waals surface area contributed by atoms with Gasteiger partial charge >= 0.3 is 23.6 Å². The molecular formula is C45H53F3N8O4. The number of aromatic amines is 2. The molecule has 2 atom stereocenters. The molecule has 0 bridgehead atoms. The van der Waals surface area contributed by atoms with Gasteiger partial charge in [0.1, 0.15) is 17.3 Å². The first-order chi connectivity index (χ1) is 28.3. The predicted octanol–water partition coefficient (Wildman–Crippen LogP) is 7.34. The van der Waals surface area contributed by atoms with Crippen molar-refractivity contribution in [1.29, 1.82) is 0 Å². The standard InChI is InChI=1S/C45H53F3N8O4/c1-42(2)14-24-55(40(59)38(57)53-20-16-44(5,46)17-21-53)34(42)36-49-26-32(51-36)30-10-6-28(7-11-30)29-8-12-31(13-9-29)33-27-50-37(52-33)35-43(3,4)15-25-56(35)41(60)39(58)54-22-18-45(47,48)19-23-54/h6-13,26-27,34-35H,14-25H2,1-5H3,(H,49,51)(H,50,52). The Bertz CT molecular complexity index is 2100. The van der Waals surface area contributed by atoms with Gasteiger partial charge in [-0.15, -0.1) is 0 Å². The van der Waals surface area contributed by atoms with Gasteiger partial charge in [0.05, 0.1) is 35.9 Å². The first-order valence-corrected chi connectivity index (χ1v) is 20.9. The number of rotatable bonds is 5. The van der Waals surface area contributed by atoms with Crippen LogP contribution in [0.3, 0.4) is 0 Å². The summed E-state index contributed by atoms with van der Waals surface area (Å²) in [5.74, 6) is -4.24. The van der Waals surface area contributed by atoms with Crippen LogP contribution in [0.1, 0.15) is 96.9 Å². The molecule has 318 valence electrons. The molecule has 4 aliphatic rings. The van der Waals surface area contributed by atoms with E-state index in [4.69, 9.17) is 4.98 Å². The Hall–Kier alpha value is -5.47. The smallest absolute Gasteiger partial charge is 0.312 e. The van der Waals surface area contributed by atoms with E-state index in [1.807, 2.05) is 62.4 Å². The number of imidazole rings is 2. The van der Waals surface area contributed by atoms with Crippen LogP contribution in [0.4, 0.5) is 13.2 Å². The Morgan fingerprint density at radius 2 is 0.867 bits per heavy atom. The van der Waals surface area contributed by atoms with E-state index in [9.17, 15) is 32.3 Å². The summed E-state index contributed by atoms with van der Waals surface area (Å²) >= 11 is 0. The molecule has 2 unspecified atom stereocenters. The van der Waals surface area contributed by atoms with Crippen LogP contribution < -0.4 is 0 Å². The molecule has 4 aromatic rings. The molecule has 0 aliphatic carbocycles. The summed E-state index contributed by atoms with van der Waals surface area (Å²) in [4.78, 5) is 75.5. The molecule has 0 spiro atoms. The number of aromatic nitrogens is 4. The summed E-state index contributed by atoms with van der Waals surface area (Å²) in [7, 11) is 0. The number of alkyl halides is 3. The van der Waals surface area contributed by atoms with Crippen molar-refractivity contribution in [3.05, 3.63) is 72.6 Å². The number of likely N-dealkylation sites (tertiary alicyclic amines) is 4. The lowest BCUT2D eigenvalue weighted by atomic mass is 9.84. The van der Waals surface area contributed by atoms with E-state index < -0.39 is 60.1 Å². The lowest BCUT2D eigenvalue weighted by molar-refractivity contribution is -0.156. The molecule has 2 N–H and O–H groups in total. The number of amides is 4. The topological polar surface area (TPSA) is 139 Å². The Labute approximate surface area is 347 Å². The van der Waals surface area contributed by atoms with E-state index in [0.717, 1.165) is 33.6 Å². The molecule has 60 heavy (non-hydrogen) atoms. The molecule has 15 heteroatoms. The number of nitrogens with zero attached hydrogens (tertiary/aromatic N) is 6. The highest BCUT2D eigenvalue weighted by Gasteiger charge is 2.49. The molecule has 4 fully saturated rings. The second-order valence-electron chi connectivity index (χ2n) is 18.7. The van der Waals surface area contributed by atoms with Gasteiger partial charge in [-0.3, -0.25) is 19.2 Å². The number of carbonyl (C=O) groups excluding carboxylic acids is 4. The molecule has 4 aliphatic heterocycles. The van der Waals surface area contributed by atoms with Gasteiger partial charge in [0.25, 0.3) is 5.92 Å². The highest BCUT2D eigenvalue weighted by molar-refractivity contribution is 6.35. The summed E-state index contributed by atoms with van der Waals surface area (Å²) < 4.78 is 41.9. The molecule has 2 aromatic carbocycles. The van der Waals surface area contributed by atoms with Crippen LogP contribution in [0.5, 0.6) is 0 Å². The summed E-state index contributed by atoms with van der Waals surface area (Å²) in [6.07, 6.45) is 4.37. The molecule has 0 radical (unpaired) electrons. The number of hydrogen-bond acceptors (Lipinski definition) is 6. The third-order valence-corrected chi connectivity index (χ3v) is 13.3. The van der Waals surface area contributed by atoms with Crippen LogP contribution >= 0.6 is 0 Å². The van der Waals surface area contributed by atoms with E-state index in [1.165, 1.54) is 21.6 Å². The third-order valence-electron chi connectivity index (χ3n) is 13.3. The summed E-state index contributed by atoms with van der Waals surface area (Å²) in [6, 6.07) is 15.2. The van der Waals surface area contributed by atoms with E-state index in [1.54, 1.807) is 17.3 Å². The fraction of sp³-hybridized carbons (Fsp3) is 0.511.